The molecule has 2 saturated heterocycles. The first-order valence-electron chi connectivity index (χ1n) is 9.65. The van der Waals surface area contributed by atoms with Crippen LogP contribution in [0.4, 0.5) is 0 Å². The van der Waals surface area contributed by atoms with Crippen LogP contribution >= 0.6 is 0 Å². The minimum Gasteiger partial charge on any atom is -0.365 e. The number of ether oxygens (including phenoxy) is 1. The monoisotopic (exact) mass is 336 g/mol. The van der Waals surface area contributed by atoms with E-state index in [1.54, 1.807) is 0 Å². The summed E-state index contributed by atoms with van der Waals surface area (Å²) in [5, 5.41) is 0. The third-order valence-corrected chi connectivity index (χ3v) is 6.69. The number of piperidine rings is 1. The topological polar surface area (TPSA) is 9.23 Å². The maximum Gasteiger partial charge on any atom is 0.108 e. The van der Waals surface area contributed by atoms with Gasteiger partial charge in [-0.05, 0) is 23.6 Å². The van der Waals surface area contributed by atoms with Crippen LogP contribution in [0.3, 0.4) is 0 Å². The lowest BCUT2D eigenvalue weighted by Gasteiger charge is -2.44. The predicted octanol–water partition coefficient (Wildman–Crippen LogP) is 4.87. The molecule has 2 aliphatic rings. The lowest BCUT2D eigenvalue weighted by molar-refractivity contribution is -0.931. The maximum absolute atomic E-state index is 6.81. The summed E-state index contributed by atoms with van der Waals surface area (Å²) >= 11 is 0. The van der Waals surface area contributed by atoms with Crippen LogP contribution in [0, 0.1) is 6.92 Å². The van der Waals surface area contributed by atoms with Crippen LogP contribution in [0.1, 0.15) is 48.5 Å². The smallest absolute Gasteiger partial charge is 0.108 e. The van der Waals surface area contributed by atoms with Crippen LogP contribution in [-0.2, 0) is 4.74 Å². The Hall–Kier alpha value is -1.64. The quantitative estimate of drug-likeness (QED) is 0.724. The van der Waals surface area contributed by atoms with Crippen molar-refractivity contribution in [2.24, 2.45) is 0 Å². The summed E-state index contributed by atoms with van der Waals surface area (Å²) in [7, 11) is 4.82. The summed E-state index contributed by atoms with van der Waals surface area (Å²) in [4.78, 5) is 0. The molecular formula is C23H30NO+. The summed E-state index contributed by atoms with van der Waals surface area (Å²) in [6.07, 6.45) is 5.52. The Morgan fingerprint density at radius 3 is 2.12 bits per heavy atom. The Morgan fingerprint density at radius 1 is 0.880 bits per heavy atom. The summed E-state index contributed by atoms with van der Waals surface area (Å²) in [6, 6.07) is 20.9. The van der Waals surface area contributed by atoms with Crippen molar-refractivity contribution in [2.45, 2.75) is 56.9 Å². The fourth-order valence-electron chi connectivity index (χ4n) is 4.97. The number of benzene rings is 2. The van der Waals surface area contributed by atoms with Gasteiger partial charge in [0, 0.05) is 25.7 Å². The van der Waals surface area contributed by atoms with E-state index in [9.17, 15) is 0 Å². The minimum absolute atomic E-state index is 0.0421. The van der Waals surface area contributed by atoms with Gasteiger partial charge in [0.15, 0.2) is 0 Å². The Labute approximate surface area is 152 Å². The Balaban J connectivity index is 1.61. The molecule has 2 aliphatic heterocycles. The molecule has 0 aromatic heterocycles. The zero-order chi connectivity index (χ0) is 17.4. The molecule has 0 aliphatic carbocycles. The number of rotatable bonds is 4. The van der Waals surface area contributed by atoms with E-state index in [0.29, 0.717) is 6.10 Å². The van der Waals surface area contributed by atoms with Crippen molar-refractivity contribution in [2.75, 3.05) is 14.1 Å². The average molecular weight is 336 g/mol. The number of quaternary nitrogens is 1. The molecule has 2 fully saturated rings. The lowest BCUT2D eigenvalue weighted by Crippen LogP contribution is -2.56. The molecule has 4 atom stereocenters. The number of hydrogen-bond acceptors (Lipinski definition) is 1. The van der Waals surface area contributed by atoms with E-state index in [-0.39, 0.29) is 6.10 Å². The van der Waals surface area contributed by atoms with Crippen molar-refractivity contribution >= 4 is 0 Å². The van der Waals surface area contributed by atoms with Crippen molar-refractivity contribution in [1.82, 2.24) is 0 Å². The molecule has 2 nitrogen and oxygen atoms in total. The van der Waals surface area contributed by atoms with Crippen LogP contribution in [0.5, 0.6) is 0 Å². The van der Waals surface area contributed by atoms with Gasteiger partial charge in [-0.1, -0.05) is 54.6 Å². The molecule has 25 heavy (non-hydrogen) atoms. The Bertz CT molecular complexity index is 708. The number of aryl methyl sites for hydroxylation is 1. The number of nitrogens with zero attached hydrogens (tertiary/aromatic N) is 1. The van der Waals surface area contributed by atoms with Crippen molar-refractivity contribution in [3.05, 3.63) is 71.3 Å². The van der Waals surface area contributed by atoms with Crippen molar-refractivity contribution in [3.63, 3.8) is 0 Å². The van der Waals surface area contributed by atoms with Gasteiger partial charge in [-0.15, -0.1) is 0 Å². The largest absolute Gasteiger partial charge is 0.365 e. The number of hydrogen-bond donors (Lipinski definition) is 0. The molecule has 0 saturated carbocycles. The van der Waals surface area contributed by atoms with Crippen LogP contribution < -0.4 is 0 Å². The van der Waals surface area contributed by atoms with Crippen LogP contribution in [0.25, 0.3) is 0 Å². The summed E-state index contributed by atoms with van der Waals surface area (Å²) in [6.45, 7) is 2.19. The zero-order valence-corrected chi connectivity index (χ0v) is 15.7. The first kappa shape index (κ1) is 16.8. The van der Waals surface area contributed by atoms with E-state index in [1.165, 1.54) is 46.9 Å². The molecule has 0 radical (unpaired) electrons. The summed E-state index contributed by atoms with van der Waals surface area (Å²) < 4.78 is 8.00. The molecule has 2 aromatic rings. The highest BCUT2D eigenvalue weighted by Crippen LogP contribution is 2.42. The molecule has 0 amide bonds. The molecule has 2 heteroatoms. The fourth-order valence-corrected chi connectivity index (χ4v) is 4.97. The highest BCUT2D eigenvalue weighted by atomic mass is 16.5. The molecule has 2 heterocycles. The standard InChI is InChI=1S/C23H30NO/c1-17-9-7-8-12-22(17)23(18-10-5-4-6-11-18)25-21-15-19-13-14-20(16-21)24(19,2)3/h4-12,19-21,23H,13-16H2,1-3H3/q+1/t19-,20+,21?,23?. The molecule has 0 spiro atoms. The maximum atomic E-state index is 6.81. The van der Waals surface area contributed by atoms with Gasteiger partial charge < -0.3 is 9.22 Å². The van der Waals surface area contributed by atoms with E-state index in [4.69, 9.17) is 4.74 Å². The van der Waals surface area contributed by atoms with Gasteiger partial charge in [0.2, 0.25) is 0 Å². The van der Waals surface area contributed by atoms with Gasteiger partial charge >= 0.3 is 0 Å². The van der Waals surface area contributed by atoms with Gasteiger partial charge in [-0.2, -0.15) is 0 Å². The van der Waals surface area contributed by atoms with Gasteiger partial charge in [0.25, 0.3) is 0 Å². The van der Waals surface area contributed by atoms with E-state index in [1.807, 2.05) is 0 Å². The predicted molar refractivity (Wildman–Crippen MR) is 102 cm³/mol. The average Bonchev–Trinajstić information content (AvgIpc) is 2.79. The highest BCUT2D eigenvalue weighted by molar-refractivity contribution is 5.35. The van der Waals surface area contributed by atoms with Gasteiger partial charge in [0.1, 0.15) is 6.10 Å². The van der Waals surface area contributed by atoms with E-state index in [2.05, 4.69) is 75.6 Å². The molecule has 2 bridgehead atoms. The number of fused-ring (bicyclic) bond motifs is 2. The summed E-state index contributed by atoms with van der Waals surface area (Å²) in [5.74, 6) is 0. The lowest BCUT2D eigenvalue weighted by atomic mass is 9.94. The molecule has 4 rings (SSSR count). The molecular weight excluding hydrogens is 306 g/mol. The van der Waals surface area contributed by atoms with Crippen LogP contribution in [0.15, 0.2) is 54.6 Å². The fraction of sp³-hybridized carbons (Fsp3) is 0.478. The molecule has 0 N–H and O–H groups in total. The first-order chi connectivity index (χ1) is 12.1. The minimum atomic E-state index is 0.0421. The third-order valence-electron chi connectivity index (χ3n) is 6.69. The van der Waals surface area contributed by atoms with Crippen molar-refractivity contribution < 1.29 is 9.22 Å². The SMILES string of the molecule is Cc1ccccc1C(OC1C[C@H]2CC[C@@H](C1)[N+]2(C)C)c1ccccc1. The molecule has 132 valence electrons. The normalized spacial score (nSPS) is 28.7. The van der Waals surface area contributed by atoms with Crippen molar-refractivity contribution in [3.8, 4) is 0 Å². The Morgan fingerprint density at radius 2 is 1.48 bits per heavy atom. The van der Waals surface area contributed by atoms with E-state index >= 15 is 0 Å². The van der Waals surface area contributed by atoms with Gasteiger partial charge in [-0.25, -0.2) is 0 Å². The Kier molecular flexibility index (Phi) is 4.43. The van der Waals surface area contributed by atoms with Gasteiger partial charge in [0.05, 0.1) is 32.3 Å². The second-order valence-electron chi connectivity index (χ2n) is 8.39. The third kappa shape index (κ3) is 3.14. The van der Waals surface area contributed by atoms with Crippen molar-refractivity contribution in [1.29, 1.82) is 0 Å². The van der Waals surface area contributed by atoms with E-state index in [0.717, 1.165) is 12.1 Å². The first-order valence-corrected chi connectivity index (χ1v) is 9.65. The second-order valence-corrected chi connectivity index (χ2v) is 8.39. The van der Waals surface area contributed by atoms with Gasteiger partial charge in [-0.3, -0.25) is 0 Å². The summed E-state index contributed by atoms with van der Waals surface area (Å²) in [5.41, 5.74) is 3.88. The van der Waals surface area contributed by atoms with Crippen LogP contribution in [0.2, 0.25) is 0 Å². The molecule has 2 aromatic carbocycles. The zero-order valence-electron chi connectivity index (χ0n) is 15.7. The van der Waals surface area contributed by atoms with Crippen LogP contribution in [-0.4, -0.2) is 36.8 Å². The highest BCUT2D eigenvalue weighted by Gasteiger charge is 2.49. The second kappa shape index (κ2) is 6.59. The van der Waals surface area contributed by atoms with E-state index < -0.39 is 0 Å². The molecule has 2 unspecified atom stereocenters.